The molecular weight excluding hydrogens is 331 g/mol. The van der Waals surface area contributed by atoms with Gasteiger partial charge in [0.15, 0.2) is 0 Å². The molecular formula is C18H26Cl2N2O. The van der Waals surface area contributed by atoms with Gasteiger partial charge in [-0.2, -0.15) is 0 Å². The Labute approximate surface area is 150 Å². The minimum Gasteiger partial charge on any atom is -0.333 e. The summed E-state index contributed by atoms with van der Waals surface area (Å²) >= 11 is 5.98. The highest BCUT2D eigenvalue weighted by atomic mass is 35.5. The second-order valence-corrected chi connectivity index (χ2v) is 7.17. The van der Waals surface area contributed by atoms with Crippen molar-refractivity contribution in [1.82, 2.24) is 4.90 Å². The van der Waals surface area contributed by atoms with E-state index in [0.29, 0.717) is 24.4 Å². The van der Waals surface area contributed by atoms with Crippen molar-refractivity contribution in [2.45, 2.75) is 51.1 Å². The summed E-state index contributed by atoms with van der Waals surface area (Å²) in [4.78, 5) is 15.2. The Hall–Kier alpha value is -0.770. The van der Waals surface area contributed by atoms with Gasteiger partial charge in [-0.1, -0.05) is 30.2 Å². The fourth-order valence-corrected chi connectivity index (χ4v) is 3.90. The van der Waals surface area contributed by atoms with Gasteiger partial charge in [0.2, 0.25) is 5.91 Å². The lowest BCUT2D eigenvalue weighted by molar-refractivity contribution is -0.139. The van der Waals surface area contributed by atoms with E-state index in [4.69, 9.17) is 17.3 Å². The molecule has 1 amide bonds. The molecule has 0 aromatic heterocycles. The maximum absolute atomic E-state index is 13.1. The van der Waals surface area contributed by atoms with Crippen LogP contribution in [0.4, 0.5) is 0 Å². The van der Waals surface area contributed by atoms with Crippen molar-refractivity contribution < 1.29 is 4.79 Å². The number of benzene rings is 1. The molecule has 1 unspecified atom stereocenters. The van der Waals surface area contributed by atoms with Gasteiger partial charge in [0.25, 0.3) is 0 Å². The summed E-state index contributed by atoms with van der Waals surface area (Å²) in [6.07, 6.45) is 5.48. The van der Waals surface area contributed by atoms with Crippen LogP contribution in [0.15, 0.2) is 24.3 Å². The zero-order valence-corrected chi connectivity index (χ0v) is 15.2. The van der Waals surface area contributed by atoms with E-state index in [-0.39, 0.29) is 24.4 Å². The molecule has 0 saturated heterocycles. The Bertz CT molecular complexity index is 530. The third-order valence-electron chi connectivity index (χ3n) is 5.24. The smallest absolute Gasteiger partial charge is 0.226 e. The first kappa shape index (κ1) is 18.6. The Morgan fingerprint density at radius 1 is 1.26 bits per heavy atom. The van der Waals surface area contributed by atoms with Crippen LogP contribution in [0.3, 0.4) is 0 Å². The quantitative estimate of drug-likeness (QED) is 0.859. The lowest BCUT2D eigenvalue weighted by atomic mass is 9.93. The zero-order chi connectivity index (χ0) is 15.7. The fraction of sp³-hybridized carbons (Fsp3) is 0.611. The number of carbonyl (C=O) groups excluding carboxylic acids is 1. The van der Waals surface area contributed by atoms with Crippen molar-refractivity contribution in [3.63, 3.8) is 0 Å². The van der Waals surface area contributed by atoms with E-state index < -0.39 is 0 Å². The molecule has 1 aromatic rings. The summed E-state index contributed by atoms with van der Waals surface area (Å²) in [6.45, 7) is 2.76. The predicted molar refractivity (Wildman–Crippen MR) is 96.9 cm³/mol. The van der Waals surface area contributed by atoms with Crippen LogP contribution in [0.25, 0.3) is 0 Å². The largest absolute Gasteiger partial charge is 0.333 e. The van der Waals surface area contributed by atoms with Crippen LogP contribution in [0.2, 0.25) is 5.02 Å². The number of halogens is 2. The van der Waals surface area contributed by atoms with Crippen molar-refractivity contribution >= 4 is 29.9 Å². The molecule has 2 aliphatic rings. The van der Waals surface area contributed by atoms with Gasteiger partial charge in [-0.15, -0.1) is 12.4 Å². The molecule has 0 spiro atoms. The van der Waals surface area contributed by atoms with Crippen LogP contribution in [-0.4, -0.2) is 23.4 Å². The van der Waals surface area contributed by atoms with Gasteiger partial charge in [-0.25, -0.2) is 0 Å². The average molecular weight is 357 g/mol. The number of hydrogen-bond acceptors (Lipinski definition) is 2. The van der Waals surface area contributed by atoms with Crippen LogP contribution in [0, 0.1) is 11.8 Å². The van der Waals surface area contributed by atoms with Crippen LogP contribution in [-0.2, 0) is 4.79 Å². The number of carbonyl (C=O) groups is 1. The lowest BCUT2D eigenvalue weighted by Gasteiger charge is -2.33. The van der Waals surface area contributed by atoms with E-state index in [1.807, 2.05) is 24.3 Å². The van der Waals surface area contributed by atoms with Crippen LogP contribution < -0.4 is 5.73 Å². The van der Waals surface area contributed by atoms with Crippen molar-refractivity contribution in [3.8, 4) is 0 Å². The number of hydrogen-bond donors (Lipinski definition) is 1. The number of amides is 1. The van der Waals surface area contributed by atoms with Crippen molar-refractivity contribution in [2.24, 2.45) is 17.6 Å². The second-order valence-electron chi connectivity index (χ2n) is 6.74. The minimum atomic E-state index is 0. The predicted octanol–water partition coefficient (Wildman–Crippen LogP) is 4.19. The van der Waals surface area contributed by atoms with Crippen LogP contribution in [0.1, 0.15) is 50.6 Å². The Morgan fingerprint density at radius 2 is 1.91 bits per heavy atom. The van der Waals surface area contributed by atoms with E-state index in [1.165, 1.54) is 0 Å². The molecule has 2 aliphatic carbocycles. The van der Waals surface area contributed by atoms with Crippen molar-refractivity contribution in [1.29, 1.82) is 0 Å². The number of rotatable bonds is 5. The van der Waals surface area contributed by atoms with Gasteiger partial charge in [0, 0.05) is 17.0 Å². The third-order valence-corrected chi connectivity index (χ3v) is 5.50. The molecule has 5 heteroatoms. The molecule has 3 atom stereocenters. The molecule has 3 nitrogen and oxygen atoms in total. The Morgan fingerprint density at radius 3 is 2.48 bits per heavy atom. The van der Waals surface area contributed by atoms with E-state index in [1.54, 1.807) is 0 Å². The number of nitrogens with zero attached hydrogens (tertiary/aromatic N) is 1. The maximum atomic E-state index is 13.1. The molecule has 1 aromatic carbocycles. The van der Waals surface area contributed by atoms with Gasteiger partial charge < -0.3 is 10.6 Å². The first-order chi connectivity index (χ1) is 10.6. The zero-order valence-electron chi connectivity index (χ0n) is 13.6. The molecule has 2 N–H and O–H groups in total. The molecule has 2 fully saturated rings. The topological polar surface area (TPSA) is 46.3 Å². The first-order valence-electron chi connectivity index (χ1n) is 8.39. The highest BCUT2D eigenvalue weighted by molar-refractivity contribution is 6.30. The summed E-state index contributed by atoms with van der Waals surface area (Å²) in [6, 6.07) is 8.39. The Balaban J connectivity index is 0.00000192. The number of nitrogens with two attached hydrogens (primary N) is 1. The molecule has 2 saturated carbocycles. The monoisotopic (exact) mass is 356 g/mol. The third kappa shape index (κ3) is 4.01. The van der Waals surface area contributed by atoms with Gasteiger partial charge >= 0.3 is 0 Å². The average Bonchev–Trinajstić information content (AvgIpc) is 3.23. The highest BCUT2D eigenvalue weighted by Crippen LogP contribution is 2.40. The van der Waals surface area contributed by atoms with Crippen molar-refractivity contribution in [3.05, 3.63) is 34.9 Å². The lowest BCUT2D eigenvalue weighted by Crippen LogP contribution is -2.41. The van der Waals surface area contributed by atoms with E-state index >= 15 is 0 Å². The summed E-state index contributed by atoms with van der Waals surface area (Å²) in [5.74, 6) is 0.810. The summed E-state index contributed by atoms with van der Waals surface area (Å²) in [5.41, 5.74) is 7.03. The molecule has 23 heavy (non-hydrogen) atoms. The molecule has 0 heterocycles. The van der Waals surface area contributed by atoms with E-state index in [2.05, 4.69) is 11.8 Å². The van der Waals surface area contributed by atoms with Gasteiger partial charge in [0.1, 0.15) is 0 Å². The van der Waals surface area contributed by atoms with E-state index in [9.17, 15) is 4.79 Å². The van der Waals surface area contributed by atoms with E-state index in [0.717, 1.165) is 42.7 Å². The fourth-order valence-electron chi connectivity index (χ4n) is 3.78. The molecule has 128 valence electrons. The summed E-state index contributed by atoms with van der Waals surface area (Å²) < 4.78 is 0. The Kier molecular flexibility index (Phi) is 6.35. The second kappa shape index (κ2) is 7.87. The van der Waals surface area contributed by atoms with Gasteiger partial charge in [0.05, 0.1) is 6.04 Å². The molecule has 0 aliphatic heterocycles. The molecule has 3 rings (SSSR count). The van der Waals surface area contributed by atoms with Crippen LogP contribution in [0.5, 0.6) is 0 Å². The highest BCUT2D eigenvalue weighted by Gasteiger charge is 2.42. The van der Waals surface area contributed by atoms with Gasteiger partial charge in [-0.3, -0.25) is 4.79 Å². The van der Waals surface area contributed by atoms with Gasteiger partial charge in [-0.05, 0) is 62.8 Å². The molecule has 0 bridgehead atoms. The van der Waals surface area contributed by atoms with Crippen LogP contribution >= 0.6 is 24.0 Å². The maximum Gasteiger partial charge on any atom is 0.226 e. The first-order valence-corrected chi connectivity index (χ1v) is 8.77. The van der Waals surface area contributed by atoms with Crippen molar-refractivity contribution in [2.75, 3.05) is 6.54 Å². The SMILES string of the molecule is CC(c1ccc(Cl)cc1)N(C(=O)[C@@H]1CCC[C@@H]1CN)C1CC1.Cl. The summed E-state index contributed by atoms with van der Waals surface area (Å²) in [5, 5.41) is 0.735. The normalized spacial score (nSPS) is 24.8. The molecule has 0 radical (unpaired) electrons. The minimum absolute atomic E-state index is 0. The standard InChI is InChI=1S/C18H25ClN2O.ClH/c1-12(13-5-7-15(19)8-6-13)21(16-9-10-16)18(22)17-4-2-3-14(17)11-20;/h5-8,12,14,16-17H,2-4,9-11,20H2,1H3;1H/t12?,14-,17-;/m1./s1. The summed E-state index contributed by atoms with van der Waals surface area (Å²) in [7, 11) is 0.